The van der Waals surface area contributed by atoms with E-state index >= 15 is 0 Å². The van der Waals surface area contributed by atoms with Crippen molar-refractivity contribution in [1.29, 1.82) is 0 Å². The lowest BCUT2D eigenvalue weighted by atomic mass is 9.86. The van der Waals surface area contributed by atoms with Crippen molar-refractivity contribution in [1.82, 2.24) is 10.1 Å². The molecular formula is C18H26N3O4P. The smallest absolute Gasteiger partial charge is 0.366 e. The fourth-order valence-corrected chi connectivity index (χ4v) is 4.94. The molecular weight excluding hydrogens is 353 g/mol. The Kier molecular flexibility index (Phi) is 5.82. The van der Waals surface area contributed by atoms with Crippen LogP contribution in [0, 0.1) is 5.92 Å². The third-order valence-electron chi connectivity index (χ3n) is 4.75. The molecule has 142 valence electrons. The Balaban J connectivity index is 1.76. The van der Waals surface area contributed by atoms with Crippen LogP contribution in [-0.2, 0) is 26.5 Å². The zero-order valence-electron chi connectivity index (χ0n) is 15.2. The van der Waals surface area contributed by atoms with Crippen molar-refractivity contribution in [3.05, 3.63) is 35.0 Å². The molecule has 8 heteroatoms. The fraction of sp³-hybridized carbons (Fsp3) is 0.500. The standard InChI is InChI=1S/C18H26N3O4P/c1-3-24-26(23,25-4-2)20-11-12-5-7-16-14(9-12)15-10-13(18(19)22)6-8-17(15)21-16/h6,8,10,12,21H,3-5,7,9,11H2,1-2H3,(H2,19,22)(H,20,23). The summed E-state index contributed by atoms with van der Waals surface area (Å²) in [7, 11) is -3.24. The Bertz CT molecular complexity index is 838. The van der Waals surface area contributed by atoms with E-state index in [2.05, 4.69) is 10.1 Å². The van der Waals surface area contributed by atoms with Crippen LogP contribution in [-0.4, -0.2) is 30.6 Å². The van der Waals surface area contributed by atoms with Gasteiger partial charge in [0.15, 0.2) is 0 Å². The number of aromatic amines is 1. The van der Waals surface area contributed by atoms with Gasteiger partial charge in [-0.2, -0.15) is 0 Å². The number of carbonyl (C=O) groups excluding carboxylic acids is 1. The second-order valence-corrected chi connectivity index (χ2v) is 8.34. The molecule has 0 saturated carbocycles. The largest absolute Gasteiger partial charge is 0.405 e. The number of rotatable bonds is 8. The van der Waals surface area contributed by atoms with E-state index in [0.29, 0.717) is 31.2 Å². The number of hydrogen-bond acceptors (Lipinski definition) is 4. The summed E-state index contributed by atoms with van der Waals surface area (Å²) in [5.74, 6) is -0.113. The third kappa shape index (κ3) is 4.01. The molecule has 0 aliphatic heterocycles. The van der Waals surface area contributed by atoms with E-state index in [9.17, 15) is 9.36 Å². The van der Waals surface area contributed by atoms with Crippen molar-refractivity contribution in [2.45, 2.75) is 33.1 Å². The number of fused-ring (bicyclic) bond motifs is 3. The summed E-state index contributed by atoms with van der Waals surface area (Å²) in [6.45, 7) is 4.80. The van der Waals surface area contributed by atoms with Crippen LogP contribution in [0.5, 0.6) is 0 Å². The first-order valence-electron chi connectivity index (χ1n) is 9.03. The number of nitrogens with two attached hydrogens (primary N) is 1. The number of nitrogens with one attached hydrogen (secondary N) is 2. The zero-order chi connectivity index (χ0) is 18.7. The molecule has 1 aromatic heterocycles. The Morgan fingerprint density at radius 3 is 2.73 bits per heavy atom. The summed E-state index contributed by atoms with van der Waals surface area (Å²) in [6, 6.07) is 5.50. The van der Waals surface area contributed by atoms with Gasteiger partial charge in [-0.3, -0.25) is 13.8 Å². The van der Waals surface area contributed by atoms with Crippen LogP contribution in [0.15, 0.2) is 18.2 Å². The summed E-state index contributed by atoms with van der Waals surface area (Å²) in [5, 5.41) is 4.04. The van der Waals surface area contributed by atoms with Crippen molar-refractivity contribution in [3.8, 4) is 0 Å². The summed E-state index contributed by atoms with van der Waals surface area (Å²) < 4.78 is 23.2. The lowest BCUT2D eigenvalue weighted by Crippen LogP contribution is -2.27. The predicted octanol–water partition coefficient (Wildman–Crippen LogP) is 3.14. The lowest BCUT2D eigenvalue weighted by Gasteiger charge is -2.25. The summed E-state index contributed by atoms with van der Waals surface area (Å²) in [6.07, 6.45) is 2.73. The molecule has 1 amide bonds. The topological polar surface area (TPSA) is 106 Å². The van der Waals surface area contributed by atoms with Crippen molar-refractivity contribution >= 4 is 24.6 Å². The van der Waals surface area contributed by atoms with Crippen LogP contribution < -0.4 is 10.8 Å². The Labute approximate surface area is 153 Å². The second kappa shape index (κ2) is 7.92. The van der Waals surface area contributed by atoms with Gasteiger partial charge in [0.25, 0.3) is 0 Å². The molecule has 1 aromatic carbocycles. The van der Waals surface area contributed by atoms with Gasteiger partial charge in [-0.25, -0.2) is 9.65 Å². The van der Waals surface area contributed by atoms with Gasteiger partial charge in [0.2, 0.25) is 5.91 Å². The van der Waals surface area contributed by atoms with Gasteiger partial charge in [0.1, 0.15) is 0 Å². The summed E-state index contributed by atoms with van der Waals surface area (Å²) >= 11 is 0. The normalized spacial score (nSPS) is 17.4. The first-order chi connectivity index (χ1) is 12.5. The van der Waals surface area contributed by atoms with E-state index in [0.717, 1.165) is 30.2 Å². The number of aryl methyl sites for hydroxylation is 1. The van der Waals surface area contributed by atoms with Crippen molar-refractivity contribution in [3.63, 3.8) is 0 Å². The molecule has 0 saturated heterocycles. The predicted molar refractivity (Wildman–Crippen MR) is 101 cm³/mol. The Hall–Kier alpha value is -1.66. The van der Waals surface area contributed by atoms with Gasteiger partial charge >= 0.3 is 7.75 Å². The van der Waals surface area contributed by atoms with Crippen molar-refractivity contribution in [2.75, 3.05) is 19.8 Å². The molecule has 26 heavy (non-hydrogen) atoms. The van der Waals surface area contributed by atoms with Crippen LogP contribution >= 0.6 is 7.75 Å². The highest BCUT2D eigenvalue weighted by Crippen LogP contribution is 2.44. The maximum absolute atomic E-state index is 12.6. The van der Waals surface area contributed by atoms with Crippen molar-refractivity contribution in [2.24, 2.45) is 11.7 Å². The van der Waals surface area contributed by atoms with Gasteiger partial charge in [-0.1, -0.05) is 0 Å². The van der Waals surface area contributed by atoms with Crippen LogP contribution in [0.1, 0.15) is 41.9 Å². The first kappa shape index (κ1) is 19.1. The summed E-state index contributed by atoms with van der Waals surface area (Å²) in [5.41, 5.74) is 9.36. The minimum Gasteiger partial charge on any atom is -0.366 e. The van der Waals surface area contributed by atoms with E-state index in [-0.39, 0.29) is 0 Å². The van der Waals surface area contributed by atoms with E-state index in [4.69, 9.17) is 14.8 Å². The van der Waals surface area contributed by atoms with Crippen LogP contribution in [0.4, 0.5) is 0 Å². The molecule has 1 heterocycles. The van der Waals surface area contributed by atoms with Crippen LogP contribution in [0.3, 0.4) is 0 Å². The second-order valence-electron chi connectivity index (χ2n) is 6.51. The average molecular weight is 379 g/mol. The van der Waals surface area contributed by atoms with Gasteiger partial charge in [0.05, 0.1) is 13.2 Å². The number of carbonyl (C=O) groups is 1. The molecule has 1 aliphatic carbocycles. The number of benzene rings is 1. The van der Waals surface area contributed by atoms with Gasteiger partial charge < -0.3 is 10.7 Å². The van der Waals surface area contributed by atoms with Gasteiger partial charge in [-0.15, -0.1) is 0 Å². The molecule has 1 unspecified atom stereocenters. The Morgan fingerprint density at radius 2 is 2.08 bits per heavy atom. The maximum atomic E-state index is 12.6. The quantitative estimate of drug-likeness (QED) is 0.611. The number of primary amides is 1. The average Bonchev–Trinajstić information content (AvgIpc) is 2.97. The third-order valence-corrected chi connectivity index (χ3v) is 6.51. The monoisotopic (exact) mass is 379 g/mol. The van der Waals surface area contributed by atoms with Gasteiger partial charge in [0, 0.05) is 28.7 Å². The number of aromatic nitrogens is 1. The van der Waals surface area contributed by atoms with Crippen LogP contribution in [0.25, 0.3) is 10.9 Å². The number of H-pyrrole nitrogens is 1. The molecule has 7 nitrogen and oxygen atoms in total. The van der Waals surface area contributed by atoms with E-state index in [1.165, 1.54) is 11.3 Å². The fourth-order valence-electron chi connectivity index (χ4n) is 3.53. The highest BCUT2D eigenvalue weighted by Gasteiger charge is 2.28. The molecule has 4 N–H and O–H groups in total. The molecule has 1 aliphatic rings. The first-order valence-corrected chi connectivity index (χ1v) is 10.6. The molecule has 3 rings (SSSR count). The number of hydrogen-bond donors (Lipinski definition) is 3. The van der Waals surface area contributed by atoms with E-state index < -0.39 is 13.7 Å². The molecule has 1 atom stereocenters. The molecule has 0 bridgehead atoms. The lowest BCUT2D eigenvalue weighted by molar-refractivity contribution is 0.100. The Morgan fingerprint density at radius 1 is 1.35 bits per heavy atom. The van der Waals surface area contributed by atoms with E-state index in [1.807, 2.05) is 12.1 Å². The summed E-state index contributed by atoms with van der Waals surface area (Å²) in [4.78, 5) is 14.9. The minimum absolute atomic E-state index is 0.313. The molecule has 2 aromatic rings. The van der Waals surface area contributed by atoms with Crippen molar-refractivity contribution < 1.29 is 18.4 Å². The SMILES string of the molecule is CCOP(=O)(NCC1CCc2[nH]c3ccc(C(N)=O)cc3c2C1)OCC. The number of amides is 1. The molecule has 0 radical (unpaired) electrons. The molecule has 0 fully saturated rings. The highest BCUT2D eigenvalue weighted by atomic mass is 31.2. The van der Waals surface area contributed by atoms with E-state index in [1.54, 1.807) is 19.9 Å². The molecule has 0 spiro atoms. The maximum Gasteiger partial charge on any atom is 0.405 e. The van der Waals surface area contributed by atoms with Crippen LogP contribution in [0.2, 0.25) is 0 Å². The zero-order valence-corrected chi connectivity index (χ0v) is 16.1. The highest BCUT2D eigenvalue weighted by molar-refractivity contribution is 7.51. The minimum atomic E-state index is -3.24. The van der Waals surface area contributed by atoms with Gasteiger partial charge in [-0.05, 0) is 62.8 Å².